The van der Waals surface area contributed by atoms with Crippen LogP contribution in [0.1, 0.15) is 21.3 Å². The topological polar surface area (TPSA) is 135 Å². The van der Waals surface area contributed by atoms with Crippen molar-refractivity contribution < 1.29 is 4.79 Å². The van der Waals surface area contributed by atoms with Crippen molar-refractivity contribution in [1.29, 1.82) is 0 Å². The lowest BCUT2D eigenvalue weighted by atomic mass is 10.3. The number of fused-ring (bicyclic) bond motifs is 1. The molecule has 1 amide bonds. The molecule has 0 aliphatic heterocycles. The van der Waals surface area contributed by atoms with Crippen LogP contribution in [0.5, 0.6) is 0 Å². The summed E-state index contributed by atoms with van der Waals surface area (Å²) >= 11 is 7.48. The zero-order valence-electron chi connectivity index (χ0n) is 15.6. The van der Waals surface area contributed by atoms with Crippen molar-refractivity contribution >= 4 is 39.9 Å². The van der Waals surface area contributed by atoms with Crippen LogP contribution in [0.4, 0.5) is 0 Å². The van der Waals surface area contributed by atoms with Gasteiger partial charge in [0.15, 0.2) is 5.69 Å². The fraction of sp³-hybridized carbons (Fsp3) is 0.211. The predicted octanol–water partition coefficient (Wildman–Crippen LogP) is 2.05. The predicted molar refractivity (Wildman–Crippen MR) is 117 cm³/mol. The van der Waals surface area contributed by atoms with Crippen LogP contribution in [0.2, 0.25) is 4.34 Å². The number of carbonyl (C=O) groups is 1. The number of nitrogens with two attached hydrogens (primary N) is 2. The quantitative estimate of drug-likeness (QED) is 0.260. The highest BCUT2D eigenvalue weighted by Gasteiger charge is 2.16. The lowest BCUT2D eigenvalue weighted by Crippen LogP contribution is -2.28. The number of amides is 1. The number of rotatable bonds is 9. The molecule has 29 heavy (non-hydrogen) atoms. The molecule has 3 rings (SSSR count). The van der Waals surface area contributed by atoms with E-state index in [0.29, 0.717) is 29.5 Å². The van der Waals surface area contributed by atoms with Gasteiger partial charge in [0, 0.05) is 18.7 Å². The second-order valence-electron chi connectivity index (χ2n) is 6.17. The van der Waals surface area contributed by atoms with Gasteiger partial charge in [-0.3, -0.25) is 4.79 Å². The van der Waals surface area contributed by atoms with E-state index in [1.807, 2.05) is 24.3 Å². The fourth-order valence-corrected chi connectivity index (χ4v) is 3.76. The van der Waals surface area contributed by atoms with Gasteiger partial charge in [0.05, 0.1) is 29.1 Å². The average Bonchev–Trinajstić information content (AvgIpc) is 3.30. The molecule has 0 spiro atoms. The lowest BCUT2D eigenvalue weighted by Gasteiger charge is -2.03. The van der Waals surface area contributed by atoms with Gasteiger partial charge in [-0.05, 0) is 30.5 Å². The molecular formula is C19H22ClN7OS. The average molecular weight is 432 g/mol. The van der Waals surface area contributed by atoms with E-state index in [0.717, 1.165) is 21.9 Å². The van der Waals surface area contributed by atoms with Crippen LogP contribution in [-0.2, 0) is 13.0 Å². The van der Waals surface area contributed by atoms with Gasteiger partial charge < -0.3 is 27.1 Å². The molecule has 2 aromatic heterocycles. The Hall–Kier alpha value is -2.88. The molecule has 10 heteroatoms. The monoisotopic (exact) mass is 431 g/mol. The number of allylic oxidation sites excluding steroid dienone is 2. The SMILES string of the molecule is N/C=C\C=C(/N)CNC(=O)c1nc(CCNCc2nc3ccccc3[nH]2)sc1Cl. The minimum Gasteiger partial charge on any atom is -0.405 e. The zero-order chi connectivity index (χ0) is 20.6. The van der Waals surface area contributed by atoms with Crippen molar-refractivity contribution in [2.45, 2.75) is 13.0 Å². The number of aromatic amines is 1. The number of aromatic nitrogens is 3. The molecule has 8 nitrogen and oxygen atoms in total. The van der Waals surface area contributed by atoms with E-state index in [-0.39, 0.29) is 18.1 Å². The third-order valence-electron chi connectivity index (χ3n) is 3.97. The number of hydrogen-bond donors (Lipinski definition) is 5. The maximum absolute atomic E-state index is 12.3. The lowest BCUT2D eigenvalue weighted by molar-refractivity contribution is 0.0952. The van der Waals surface area contributed by atoms with Crippen LogP contribution in [0.3, 0.4) is 0 Å². The van der Waals surface area contributed by atoms with Gasteiger partial charge in [-0.25, -0.2) is 9.97 Å². The molecule has 7 N–H and O–H groups in total. The van der Waals surface area contributed by atoms with Crippen LogP contribution < -0.4 is 22.1 Å². The van der Waals surface area contributed by atoms with Crippen molar-refractivity contribution in [2.24, 2.45) is 11.5 Å². The number of nitrogens with zero attached hydrogens (tertiary/aromatic N) is 2. The first-order valence-corrected chi connectivity index (χ1v) is 10.2. The summed E-state index contributed by atoms with van der Waals surface area (Å²) in [5.74, 6) is 0.513. The molecule has 0 unspecified atom stereocenters. The van der Waals surface area contributed by atoms with E-state index in [4.69, 9.17) is 23.1 Å². The van der Waals surface area contributed by atoms with Crippen molar-refractivity contribution in [3.05, 3.63) is 69.2 Å². The van der Waals surface area contributed by atoms with Crippen LogP contribution in [0, 0.1) is 0 Å². The number of carbonyl (C=O) groups excluding carboxylic acids is 1. The minimum atomic E-state index is -0.360. The maximum atomic E-state index is 12.3. The normalized spacial score (nSPS) is 12.1. The Bertz CT molecular complexity index is 1010. The smallest absolute Gasteiger partial charge is 0.272 e. The summed E-state index contributed by atoms with van der Waals surface area (Å²) in [5, 5.41) is 6.79. The number of halogens is 1. The highest BCUT2D eigenvalue weighted by atomic mass is 35.5. The minimum absolute atomic E-state index is 0.186. The first kappa shape index (κ1) is 20.8. The first-order valence-electron chi connectivity index (χ1n) is 8.97. The Balaban J connectivity index is 1.47. The molecule has 0 aliphatic carbocycles. The summed E-state index contributed by atoms with van der Waals surface area (Å²) in [6.07, 6.45) is 5.22. The number of imidazole rings is 1. The second kappa shape index (κ2) is 10.1. The zero-order valence-corrected chi connectivity index (χ0v) is 17.2. The van der Waals surface area contributed by atoms with Gasteiger partial charge in [-0.15, -0.1) is 11.3 Å². The largest absolute Gasteiger partial charge is 0.405 e. The molecule has 0 fully saturated rings. The van der Waals surface area contributed by atoms with Gasteiger partial charge in [0.2, 0.25) is 0 Å². The van der Waals surface area contributed by atoms with Gasteiger partial charge in [-0.1, -0.05) is 23.7 Å². The number of hydrogen-bond acceptors (Lipinski definition) is 7. The first-order chi connectivity index (χ1) is 14.1. The highest BCUT2D eigenvalue weighted by Crippen LogP contribution is 2.24. The molecule has 0 aliphatic rings. The van der Waals surface area contributed by atoms with E-state index in [1.54, 1.807) is 12.2 Å². The Morgan fingerprint density at radius 1 is 1.31 bits per heavy atom. The van der Waals surface area contributed by atoms with Crippen molar-refractivity contribution in [1.82, 2.24) is 25.6 Å². The van der Waals surface area contributed by atoms with Crippen molar-refractivity contribution in [3.63, 3.8) is 0 Å². The van der Waals surface area contributed by atoms with E-state index in [9.17, 15) is 4.79 Å². The number of H-pyrrole nitrogens is 1. The van der Waals surface area contributed by atoms with E-state index >= 15 is 0 Å². The van der Waals surface area contributed by atoms with Crippen LogP contribution >= 0.6 is 22.9 Å². The summed E-state index contributed by atoms with van der Waals surface area (Å²) in [7, 11) is 0. The van der Waals surface area contributed by atoms with E-state index in [1.165, 1.54) is 17.5 Å². The third kappa shape index (κ3) is 5.80. The molecule has 1 aromatic carbocycles. The summed E-state index contributed by atoms with van der Waals surface area (Å²) in [4.78, 5) is 24.4. The molecule has 0 saturated heterocycles. The number of thiazole rings is 1. The van der Waals surface area contributed by atoms with Gasteiger partial charge in [0.25, 0.3) is 5.91 Å². The van der Waals surface area contributed by atoms with Gasteiger partial charge in [0.1, 0.15) is 10.2 Å². The highest BCUT2D eigenvalue weighted by molar-refractivity contribution is 7.16. The molecule has 0 saturated carbocycles. The number of para-hydroxylation sites is 2. The Morgan fingerprint density at radius 2 is 2.14 bits per heavy atom. The fourth-order valence-electron chi connectivity index (χ4n) is 2.59. The molecule has 0 atom stereocenters. The molecular weight excluding hydrogens is 410 g/mol. The van der Waals surface area contributed by atoms with E-state index in [2.05, 4.69) is 25.6 Å². The third-order valence-corrected chi connectivity index (χ3v) is 5.28. The second-order valence-corrected chi connectivity index (χ2v) is 7.85. The van der Waals surface area contributed by atoms with Crippen molar-refractivity contribution in [3.8, 4) is 0 Å². The summed E-state index contributed by atoms with van der Waals surface area (Å²) < 4.78 is 0.360. The van der Waals surface area contributed by atoms with Gasteiger partial charge >= 0.3 is 0 Å². The molecule has 152 valence electrons. The summed E-state index contributed by atoms with van der Waals surface area (Å²) in [6, 6.07) is 7.90. The Morgan fingerprint density at radius 3 is 2.93 bits per heavy atom. The molecule has 3 aromatic rings. The van der Waals surface area contributed by atoms with Crippen LogP contribution in [0.15, 0.2) is 48.3 Å². The Labute approximate surface area is 177 Å². The number of nitrogens with one attached hydrogen (secondary N) is 3. The molecule has 2 heterocycles. The maximum Gasteiger partial charge on any atom is 0.272 e. The summed E-state index contributed by atoms with van der Waals surface area (Å²) in [6.45, 7) is 1.48. The number of benzene rings is 1. The van der Waals surface area contributed by atoms with E-state index < -0.39 is 0 Å². The molecule has 0 bridgehead atoms. The van der Waals surface area contributed by atoms with Crippen LogP contribution in [-0.4, -0.2) is 33.9 Å². The molecule has 0 radical (unpaired) electrons. The van der Waals surface area contributed by atoms with Gasteiger partial charge in [-0.2, -0.15) is 0 Å². The Kier molecular flexibility index (Phi) is 7.23. The van der Waals surface area contributed by atoms with Crippen LogP contribution in [0.25, 0.3) is 11.0 Å². The van der Waals surface area contributed by atoms with Crippen molar-refractivity contribution in [2.75, 3.05) is 13.1 Å². The standard InChI is InChI=1S/C19H22ClN7OS/c20-18-17(19(28)24-10-12(22)4-3-8-21)27-16(29-18)7-9-23-11-15-25-13-5-1-2-6-14(13)26-15/h1-6,8,23H,7,9-11,21-22H2,(H,24,28)(H,25,26)/b8-3-,12-4-. The summed E-state index contributed by atoms with van der Waals surface area (Å²) in [5.41, 5.74) is 13.6.